The minimum absolute atomic E-state index is 0.157. The molecule has 0 bridgehead atoms. The molecule has 1 unspecified atom stereocenters. The minimum atomic E-state index is -0.459. The lowest BCUT2D eigenvalue weighted by atomic mass is 10.3. The van der Waals surface area contributed by atoms with E-state index in [0.29, 0.717) is 26.4 Å². The van der Waals surface area contributed by atoms with Crippen LogP contribution in [0.2, 0.25) is 0 Å². The van der Waals surface area contributed by atoms with E-state index in [2.05, 4.69) is 5.32 Å². The summed E-state index contributed by atoms with van der Waals surface area (Å²) in [5.41, 5.74) is 5.33. The van der Waals surface area contributed by atoms with E-state index in [1.165, 1.54) is 0 Å². The molecule has 5 nitrogen and oxygen atoms in total. The van der Waals surface area contributed by atoms with Gasteiger partial charge in [0, 0.05) is 13.7 Å². The Morgan fingerprint density at radius 3 is 2.69 bits per heavy atom. The van der Waals surface area contributed by atoms with Crippen LogP contribution in [0.4, 0.5) is 0 Å². The van der Waals surface area contributed by atoms with Crippen LogP contribution in [0.5, 0.6) is 0 Å². The second kappa shape index (κ2) is 7.97. The van der Waals surface area contributed by atoms with E-state index >= 15 is 0 Å². The molecule has 0 saturated heterocycles. The Morgan fingerprint density at radius 1 is 1.46 bits per heavy atom. The topological polar surface area (TPSA) is 73.6 Å². The molecule has 0 saturated carbocycles. The number of amides is 1. The zero-order valence-corrected chi connectivity index (χ0v) is 8.21. The minimum Gasteiger partial charge on any atom is -0.382 e. The third-order valence-electron chi connectivity index (χ3n) is 1.39. The van der Waals surface area contributed by atoms with Gasteiger partial charge in [0.2, 0.25) is 5.91 Å². The first-order valence-electron chi connectivity index (χ1n) is 4.28. The highest BCUT2D eigenvalue weighted by Crippen LogP contribution is 1.77. The van der Waals surface area contributed by atoms with Crippen LogP contribution in [-0.2, 0) is 14.3 Å². The lowest BCUT2D eigenvalue weighted by molar-refractivity contribution is -0.122. The molecule has 0 rings (SSSR count). The van der Waals surface area contributed by atoms with Crippen molar-refractivity contribution >= 4 is 5.91 Å². The maximum atomic E-state index is 10.9. The molecule has 3 N–H and O–H groups in total. The van der Waals surface area contributed by atoms with Gasteiger partial charge in [0.25, 0.3) is 0 Å². The van der Waals surface area contributed by atoms with E-state index in [1.54, 1.807) is 14.0 Å². The highest BCUT2D eigenvalue weighted by molar-refractivity contribution is 5.80. The van der Waals surface area contributed by atoms with Crippen molar-refractivity contribution in [2.75, 3.05) is 33.5 Å². The number of carbonyl (C=O) groups excluding carboxylic acids is 1. The molecule has 13 heavy (non-hydrogen) atoms. The van der Waals surface area contributed by atoms with Crippen molar-refractivity contribution in [3.05, 3.63) is 0 Å². The van der Waals surface area contributed by atoms with Crippen LogP contribution >= 0.6 is 0 Å². The number of nitrogens with one attached hydrogen (secondary N) is 1. The Bertz CT molecular complexity index is 139. The summed E-state index contributed by atoms with van der Waals surface area (Å²) in [4.78, 5) is 10.9. The summed E-state index contributed by atoms with van der Waals surface area (Å²) < 4.78 is 9.90. The summed E-state index contributed by atoms with van der Waals surface area (Å²) in [6.45, 7) is 3.73. The van der Waals surface area contributed by atoms with Crippen molar-refractivity contribution in [1.82, 2.24) is 5.32 Å². The maximum Gasteiger partial charge on any atom is 0.236 e. The lowest BCUT2D eigenvalue weighted by Gasteiger charge is -2.07. The van der Waals surface area contributed by atoms with Crippen molar-refractivity contribution in [1.29, 1.82) is 0 Å². The fraction of sp³-hybridized carbons (Fsp3) is 0.875. The van der Waals surface area contributed by atoms with Crippen LogP contribution in [0, 0.1) is 0 Å². The second-order valence-electron chi connectivity index (χ2n) is 2.68. The largest absolute Gasteiger partial charge is 0.382 e. The summed E-state index contributed by atoms with van der Waals surface area (Å²) in [7, 11) is 1.61. The van der Waals surface area contributed by atoms with Gasteiger partial charge in [0.05, 0.1) is 25.9 Å². The van der Waals surface area contributed by atoms with E-state index in [1.807, 2.05) is 0 Å². The second-order valence-corrected chi connectivity index (χ2v) is 2.68. The Morgan fingerprint density at radius 2 is 2.15 bits per heavy atom. The van der Waals surface area contributed by atoms with Gasteiger partial charge in [-0.1, -0.05) is 0 Å². The third kappa shape index (κ3) is 7.70. The first kappa shape index (κ1) is 12.3. The normalized spacial score (nSPS) is 12.5. The Kier molecular flexibility index (Phi) is 7.57. The number of methoxy groups -OCH3 is 1. The highest BCUT2D eigenvalue weighted by atomic mass is 16.5. The molecule has 1 atom stereocenters. The van der Waals surface area contributed by atoms with Gasteiger partial charge >= 0.3 is 0 Å². The van der Waals surface area contributed by atoms with E-state index in [4.69, 9.17) is 15.2 Å². The summed E-state index contributed by atoms with van der Waals surface area (Å²) >= 11 is 0. The molecule has 1 amide bonds. The molecule has 0 aromatic heterocycles. The van der Waals surface area contributed by atoms with E-state index in [-0.39, 0.29) is 5.91 Å². The van der Waals surface area contributed by atoms with Crippen LogP contribution < -0.4 is 11.1 Å². The molecule has 0 aliphatic heterocycles. The van der Waals surface area contributed by atoms with E-state index in [0.717, 1.165) is 0 Å². The highest BCUT2D eigenvalue weighted by Gasteiger charge is 2.04. The van der Waals surface area contributed by atoms with Gasteiger partial charge in [0.15, 0.2) is 0 Å². The molecule has 0 aliphatic carbocycles. The van der Waals surface area contributed by atoms with Crippen molar-refractivity contribution in [3.63, 3.8) is 0 Å². The number of rotatable bonds is 7. The van der Waals surface area contributed by atoms with Gasteiger partial charge in [-0.2, -0.15) is 0 Å². The van der Waals surface area contributed by atoms with Crippen molar-refractivity contribution in [2.24, 2.45) is 5.73 Å². The first-order valence-corrected chi connectivity index (χ1v) is 4.28. The van der Waals surface area contributed by atoms with Gasteiger partial charge in [0.1, 0.15) is 0 Å². The van der Waals surface area contributed by atoms with Crippen molar-refractivity contribution in [3.8, 4) is 0 Å². The predicted octanol–water partition coefficient (Wildman–Crippen LogP) is -0.887. The van der Waals surface area contributed by atoms with Gasteiger partial charge in [-0.15, -0.1) is 0 Å². The lowest BCUT2D eigenvalue weighted by Crippen LogP contribution is -2.39. The predicted molar refractivity (Wildman–Crippen MR) is 49.4 cm³/mol. The average Bonchev–Trinajstić information content (AvgIpc) is 2.10. The Labute approximate surface area is 78.6 Å². The number of nitrogens with two attached hydrogens (primary N) is 1. The van der Waals surface area contributed by atoms with Gasteiger partial charge in [-0.3, -0.25) is 4.79 Å². The van der Waals surface area contributed by atoms with E-state index < -0.39 is 6.04 Å². The monoisotopic (exact) mass is 190 g/mol. The average molecular weight is 190 g/mol. The van der Waals surface area contributed by atoms with Gasteiger partial charge in [-0.25, -0.2) is 0 Å². The molecule has 0 aromatic rings. The number of carbonyl (C=O) groups is 1. The standard InChI is InChI=1S/C8H18N2O3/c1-7(9)8(11)10-3-4-13-6-5-12-2/h7H,3-6,9H2,1-2H3,(H,10,11). The molecule has 0 spiro atoms. The van der Waals surface area contributed by atoms with Gasteiger partial charge in [-0.05, 0) is 6.92 Å². The third-order valence-corrected chi connectivity index (χ3v) is 1.39. The van der Waals surface area contributed by atoms with Crippen molar-refractivity contribution < 1.29 is 14.3 Å². The Hall–Kier alpha value is -0.650. The summed E-state index contributed by atoms with van der Waals surface area (Å²) in [6.07, 6.45) is 0. The summed E-state index contributed by atoms with van der Waals surface area (Å²) in [5, 5.41) is 2.63. The fourth-order valence-corrected chi connectivity index (χ4v) is 0.652. The van der Waals surface area contributed by atoms with Crippen LogP contribution in [-0.4, -0.2) is 45.4 Å². The van der Waals surface area contributed by atoms with E-state index in [9.17, 15) is 4.79 Å². The van der Waals surface area contributed by atoms with Gasteiger partial charge < -0.3 is 20.5 Å². The number of ether oxygens (including phenoxy) is 2. The quantitative estimate of drug-likeness (QED) is 0.511. The zero-order chi connectivity index (χ0) is 10.1. The molecule has 0 aromatic carbocycles. The maximum absolute atomic E-state index is 10.9. The number of hydrogen-bond donors (Lipinski definition) is 2. The first-order chi connectivity index (χ1) is 6.18. The summed E-state index contributed by atoms with van der Waals surface area (Å²) in [6, 6.07) is -0.459. The number of hydrogen-bond acceptors (Lipinski definition) is 4. The molecule has 0 fully saturated rings. The fourth-order valence-electron chi connectivity index (χ4n) is 0.652. The van der Waals surface area contributed by atoms with Crippen molar-refractivity contribution in [2.45, 2.75) is 13.0 Å². The molecular formula is C8H18N2O3. The smallest absolute Gasteiger partial charge is 0.236 e. The van der Waals surface area contributed by atoms with Crippen LogP contribution in [0.3, 0.4) is 0 Å². The molecule has 78 valence electrons. The van der Waals surface area contributed by atoms with Crippen LogP contribution in [0.15, 0.2) is 0 Å². The zero-order valence-electron chi connectivity index (χ0n) is 8.21. The molecular weight excluding hydrogens is 172 g/mol. The molecule has 0 radical (unpaired) electrons. The Balaban J connectivity index is 3.12. The summed E-state index contributed by atoms with van der Waals surface area (Å²) in [5.74, 6) is -0.157. The molecule has 0 aliphatic rings. The molecule has 5 heteroatoms. The van der Waals surface area contributed by atoms with Crippen LogP contribution in [0.25, 0.3) is 0 Å². The SMILES string of the molecule is COCCOCCNC(=O)C(C)N. The molecule has 0 heterocycles. The van der Waals surface area contributed by atoms with Crippen LogP contribution in [0.1, 0.15) is 6.92 Å².